The molecule has 16 heteroatoms. The number of hydrogen-bond acceptors (Lipinski definition) is 9. The Hall–Kier alpha value is -3.34. The lowest BCUT2D eigenvalue weighted by molar-refractivity contribution is -0.132. The molecule has 0 radical (unpaired) electrons. The van der Waals surface area contributed by atoms with E-state index in [1.807, 2.05) is 44.2 Å². The summed E-state index contributed by atoms with van der Waals surface area (Å²) in [7, 11) is -7.36. The number of sulfone groups is 1. The number of H-pyrrole nitrogens is 1. The Labute approximate surface area is 334 Å². The van der Waals surface area contributed by atoms with E-state index in [2.05, 4.69) is 32.8 Å². The molecule has 0 aliphatic heterocycles. The zero-order valence-corrected chi connectivity index (χ0v) is 35.9. The number of carbonyl (C=O) groups is 3. The number of benzene rings is 1. The average molecular weight is 826 g/mol. The van der Waals surface area contributed by atoms with Crippen LogP contribution in [0.3, 0.4) is 0 Å². The van der Waals surface area contributed by atoms with E-state index in [0.29, 0.717) is 30.8 Å². The van der Waals surface area contributed by atoms with Crippen LogP contribution < -0.4 is 16.0 Å². The Kier molecular flexibility index (Phi) is 20.2. The van der Waals surface area contributed by atoms with E-state index in [1.165, 1.54) is 6.33 Å². The van der Waals surface area contributed by atoms with Gasteiger partial charge in [-0.25, -0.2) is 13.4 Å². The van der Waals surface area contributed by atoms with Crippen LogP contribution in [0.2, 0.25) is 0 Å². The number of aromatic amines is 1. The Bertz CT molecular complexity index is 1680. The van der Waals surface area contributed by atoms with Gasteiger partial charge in [0.25, 0.3) is 10.1 Å². The number of nitrogens with one attached hydrogen (secondary N) is 4. The van der Waals surface area contributed by atoms with Crippen LogP contribution in [0.15, 0.2) is 42.9 Å². The predicted octanol–water partition coefficient (Wildman–Crippen LogP) is 4.41. The molecular formula is C40H67N5O9S2. The lowest BCUT2D eigenvalue weighted by atomic mass is 9.81. The molecule has 0 spiro atoms. The summed E-state index contributed by atoms with van der Waals surface area (Å²) >= 11 is 0. The van der Waals surface area contributed by atoms with Gasteiger partial charge in [0.15, 0.2) is 9.84 Å². The van der Waals surface area contributed by atoms with Crippen molar-refractivity contribution in [2.24, 2.45) is 23.7 Å². The maximum Gasteiger partial charge on any atom is 0.261 e. The van der Waals surface area contributed by atoms with Crippen LogP contribution in [0.25, 0.3) is 0 Å². The zero-order valence-electron chi connectivity index (χ0n) is 34.3. The number of hydrogen-bond donors (Lipinski definition) is 6. The molecule has 0 bridgehead atoms. The van der Waals surface area contributed by atoms with Crippen LogP contribution in [-0.4, -0.2) is 95.7 Å². The molecule has 2 aromatic rings. The highest BCUT2D eigenvalue weighted by Crippen LogP contribution is 2.30. The molecule has 0 unspecified atom stereocenters. The molecule has 1 fully saturated rings. The molecule has 1 saturated carbocycles. The topological polar surface area (TPSA) is 225 Å². The molecule has 3 amide bonds. The third-order valence-corrected chi connectivity index (χ3v) is 12.9. The zero-order chi connectivity index (χ0) is 42.1. The van der Waals surface area contributed by atoms with Crippen LogP contribution in [0, 0.1) is 23.7 Å². The summed E-state index contributed by atoms with van der Waals surface area (Å²) in [6.45, 7) is 11.4. The van der Waals surface area contributed by atoms with Gasteiger partial charge in [-0.15, -0.1) is 0 Å². The lowest BCUT2D eigenvalue weighted by Crippen LogP contribution is -2.55. The minimum absolute atomic E-state index is 0.0225. The van der Waals surface area contributed by atoms with Gasteiger partial charge in [0.05, 0.1) is 41.1 Å². The summed E-state index contributed by atoms with van der Waals surface area (Å²) in [5.74, 6) is -2.60. The van der Waals surface area contributed by atoms with Gasteiger partial charge in [-0.2, -0.15) is 8.42 Å². The normalized spacial score (nSPS) is 16.8. The second kappa shape index (κ2) is 23.2. The Morgan fingerprint density at radius 1 is 0.946 bits per heavy atom. The maximum absolute atomic E-state index is 14.2. The number of unbranched alkanes of at least 4 members (excludes halogenated alkanes) is 1. The fourth-order valence-corrected chi connectivity index (χ4v) is 8.06. The smallest absolute Gasteiger partial charge is 0.261 e. The first-order valence-corrected chi connectivity index (χ1v) is 23.3. The summed E-state index contributed by atoms with van der Waals surface area (Å²) in [5.41, 5.74) is 1.43. The van der Waals surface area contributed by atoms with E-state index in [4.69, 9.17) is 4.55 Å². The quantitative estimate of drug-likeness (QED) is 0.0815. The summed E-state index contributed by atoms with van der Waals surface area (Å²) < 4.78 is 51.5. The molecule has 3 rings (SSSR count). The van der Waals surface area contributed by atoms with Gasteiger partial charge in [0, 0.05) is 30.8 Å². The van der Waals surface area contributed by atoms with E-state index < -0.39 is 66.5 Å². The van der Waals surface area contributed by atoms with Crippen molar-refractivity contribution in [3.8, 4) is 0 Å². The average Bonchev–Trinajstić information content (AvgIpc) is 3.62. The monoisotopic (exact) mass is 825 g/mol. The Morgan fingerprint density at radius 3 is 2.11 bits per heavy atom. The van der Waals surface area contributed by atoms with Gasteiger partial charge in [-0.05, 0) is 63.9 Å². The molecule has 6 N–H and O–H groups in total. The molecular weight excluding hydrogens is 759 g/mol. The third-order valence-electron chi connectivity index (χ3n) is 10.2. The van der Waals surface area contributed by atoms with Gasteiger partial charge in [0.1, 0.15) is 6.04 Å². The van der Waals surface area contributed by atoms with Crippen molar-refractivity contribution in [1.82, 2.24) is 25.9 Å². The van der Waals surface area contributed by atoms with E-state index in [1.54, 1.807) is 27.0 Å². The number of carbonyl (C=O) groups excluding carboxylic acids is 3. The Morgan fingerprint density at radius 2 is 1.57 bits per heavy atom. The Balaban J connectivity index is 0.00000203. The van der Waals surface area contributed by atoms with Crippen LogP contribution in [0.1, 0.15) is 111 Å². The second-order valence-electron chi connectivity index (χ2n) is 16.5. The van der Waals surface area contributed by atoms with Crippen LogP contribution in [-0.2, 0) is 47.2 Å². The molecule has 1 aromatic carbocycles. The molecule has 1 aliphatic carbocycles. The summed E-state index contributed by atoms with van der Waals surface area (Å²) in [6, 6.07) is 7.52. The minimum Gasteiger partial charge on any atom is -0.391 e. The maximum atomic E-state index is 14.2. The minimum atomic E-state index is -3.69. The van der Waals surface area contributed by atoms with E-state index in [0.717, 1.165) is 50.5 Å². The van der Waals surface area contributed by atoms with Crippen LogP contribution in [0.5, 0.6) is 0 Å². The highest BCUT2D eigenvalue weighted by atomic mass is 32.2. The fraction of sp³-hybridized carbons (Fsp3) is 0.700. The van der Waals surface area contributed by atoms with E-state index in [9.17, 15) is 36.3 Å². The van der Waals surface area contributed by atoms with Gasteiger partial charge in [-0.1, -0.05) is 89.6 Å². The standard InChI is InChI=1S/C39H63N5O6S.CH4O3S/c1-7-8-19-41-37(47)32(27(2)3)23-35(45)33(21-29-17-13-10-14-18-29)43-38(48)34(22-31-24-40-26-42-31)44-36(46)30(20-28-15-11-9-12-16-28)25-51(49,50)39(4,5)6;1-5(2,3)4/h9,11-12,15-16,24,26-27,29-30,32-35,45H,7-8,10,13-14,17-23,25H2,1-6H3,(H,40,42)(H,41,47)(H,43,48)(H,44,46);1H3,(H,2,3,4)/t30-,32+,33+,34-,35+;/m1./s1. The van der Waals surface area contributed by atoms with E-state index in [-0.39, 0.29) is 36.8 Å². The first-order valence-electron chi connectivity index (χ1n) is 19.8. The molecule has 1 aliphatic rings. The first kappa shape index (κ1) is 48.8. The molecule has 14 nitrogen and oxygen atoms in total. The SMILES string of the molecule is CCCCNC(=O)[C@@H](C[C@H](O)[C@H](CC1CCCCC1)NC(=O)[C@@H](Cc1cnc[nH]1)NC(=O)[C@H](Cc1ccccc1)CS(=O)(=O)C(C)(C)C)C(C)C.CS(=O)(=O)O. The molecule has 0 saturated heterocycles. The van der Waals surface area contributed by atoms with Crippen LogP contribution in [0.4, 0.5) is 0 Å². The number of aliphatic hydroxyl groups is 1. The molecule has 318 valence electrons. The number of nitrogens with zero attached hydrogens (tertiary/aromatic N) is 1. The van der Waals surface area contributed by atoms with Gasteiger partial charge >= 0.3 is 0 Å². The fourth-order valence-electron chi connectivity index (χ4n) is 6.76. The highest BCUT2D eigenvalue weighted by Gasteiger charge is 2.37. The highest BCUT2D eigenvalue weighted by molar-refractivity contribution is 7.92. The van der Waals surface area contributed by atoms with Gasteiger partial charge in [0.2, 0.25) is 17.7 Å². The van der Waals surface area contributed by atoms with Gasteiger partial charge < -0.3 is 26.0 Å². The van der Waals surface area contributed by atoms with Crippen molar-refractivity contribution in [2.45, 2.75) is 135 Å². The van der Waals surface area contributed by atoms with Crippen molar-refractivity contribution in [3.05, 3.63) is 54.1 Å². The van der Waals surface area contributed by atoms with Crippen LogP contribution >= 0.6 is 0 Å². The number of aromatic nitrogens is 2. The van der Waals surface area contributed by atoms with Crippen molar-refractivity contribution >= 4 is 37.7 Å². The molecule has 56 heavy (non-hydrogen) atoms. The van der Waals surface area contributed by atoms with E-state index >= 15 is 0 Å². The number of amides is 3. The molecule has 5 atom stereocenters. The number of rotatable bonds is 20. The van der Waals surface area contributed by atoms with Crippen molar-refractivity contribution in [3.63, 3.8) is 0 Å². The largest absolute Gasteiger partial charge is 0.391 e. The number of aliphatic hydroxyl groups excluding tert-OH is 1. The van der Waals surface area contributed by atoms with Crippen molar-refractivity contribution in [2.75, 3.05) is 18.6 Å². The molecule has 1 heterocycles. The second-order valence-corrected chi connectivity index (χ2v) is 20.8. The lowest BCUT2D eigenvalue weighted by Gasteiger charge is -2.33. The molecule has 1 aromatic heterocycles. The summed E-state index contributed by atoms with van der Waals surface area (Å²) in [4.78, 5) is 48.6. The number of imidazole rings is 1. The summed E-state index contributed by atoms with van der Waals surface area (Å²) in [6.07, 6.45) is 11.0. The van der Waals surface area contributed by atoms with Gasteiger partial charge in [-0.3, -0.25) is 18.9 Å². The first-order chi connectivity index (χ1) is 26.1. The van der Waals surface area contributed by atoms with Crippen molar-refractivity contribution in [1.29, 1.82) is 0 Å². The predicted molar refractivity (Wildman–Crippen MR) is 219 cm³/mol. The summed E-state index contributed by atoms with van der Waals surface area (Å²) in [5, 5.41) is 20.7. The third kappa shape index (κ3) is 18.3. The van der Waals surface area contributed by atoms with Crippen molar-refractivity contribution < 1.29 is 40.9 Å².